The van der Waals surface area contributed by atoms with Gasteiger partial charge >= 0.3 is 0 Å². The van der Waals surface area contributed by atoms with Crippen LogP contribution in [0.5, 0.6) is 0 Å². The largest absolute Gasteiger partial charge is 0.201 e. The van der Waals surface area contributed by atoms with Crippen LogP contribution in [0.25, 0.3) is 0 Å². The first-order chi connectivity index (χ1) is 5.84. The van der Waals surface area contributed by atoms with Crippen LogP contribution in [0.1, 0.15) is 48.9 Å². The van der Waals surface area contributed by atoms with Gasteiger partial charge in [0.2, 0.25) is 0 Å². The Morgan fingerprint density at radius 3 is 2.50 bits per heavy atom. The molecule has 2 aliphatic carbocycles. The average molecular weight is 227 g/mol. The highest BCUT2D eigenvalue weighted by molar-refractivity contribution is 9.08. The SMILES string of the molecule is Brn1nc(C2CC2)cc1C1CC1. The van der Waals surface area contributed by atoms with Crippen LogP contribution in [0.15, 0.2) is 6.07 Å². The van der Waals surface area contributed by atoms with E-state index in [0.717, 1.165) is 11.8 Å². The van der Waals surface area contributed by atoms with Crippen molar-refractivity contribution in [2.45, 2.75) is 37.5 Å². The van der Waals surface area contributed by atoms with E-state index in [1.807, 2.05) is 3.71 Å². The Labute approximate surface area is 80.3 Å². The highest BCUT2D eigenvalue weighted by Gasteiger charge is 2.32. The van der Waals surface area contributed by atoms with Crippen molar-refractivity contribution in [2.24, 2.45) is 0 Å². The second-order valence-electron chi connectivity index (χ2n) is 3.90. The summed E-state index contributed by atoms with van der Waals surface area (Å²) in [6.07, 6.45) is 5.38. The quantitative estimate of drug-likeness (QED) is 0.759. The number of halogens is 1. The van der Waals surface area contributed by atoms with Crippen molar-refractivity contribution in [3.8, 4) is 0 Å². The molecule has 0 aliphatic heterocycles. The Hall–Kier alpha value is -0.310. The molecule has 1 aromatic heterocycles. The Kier molecular flexibility index (Phi) is 1.39. The zero-order chi connectivity index (χ0) is 8.13. The van der Waals surface area contributed by atoms with Gasteiger partial charge in [0.25, 0.3) is 0 Å². The molecule has 3 heteroatoms. The molecule has 0 unspecified atom stereocenters. The molecule has 0 N–H and O–H groups in total. The smallest absolute Gasteiger partial charge is 0.0746 e. The van der Waals surface area contributed by atoms with Crippen LogP contribution in [-0.2, 0) is 0 Å². The molecule has 1 heterocycles. The lowest BCUT2D eigenvalue weighted by Crippen LogP contribution is -1.88. The van der Waals surface area contributed by atoms with Crippen LogP contribution in [0, 0.1) is 0 Å². The summed E-state index contributed by atoms with van der Waals surface area (Å²) in [6.45, 7) is 0. The second kappa shape index (κ2) is 2.34. The van der Waals surface area contributed by atoms with Crippen LogP contribution >= 0.6 is 16.1 Å². The molecule has 64 valence electrons. The van der Waals surface area contributed by atoms with Crippen LogP contribution in [0.2, 0.25) is 0 Å². The molecule has 0 spiro atoms. The fraction of sp³-hybridized carbons (Fsp3) is 0.667. The molecule has 2 nitrogen and oxygen atoms in total. The average Bonchev–Trinajstić information content (AvgIpc) is 2.93. The minimum Gasteiger partial charge on any atom is -0.201 e. The third-order valence-corrected chi connectivity index (χ3v) is 3.27. The molecular weight excluding hydrogens is 216 g/mol. The summed E-state index contributed by atoms with van der Waals surface area (Å²) in [5.74, 6) is 1.57. The zero-order valence-corrected chi connectivity index (χ0v) is 8.42. The molecule has 0 aromatic carbocycles. The van der Waals surface area contributed by atoms with Crippen LogP contribution in [0.4, 0.5) is 0 Å². The minimum atomic E-state index is 0.779. The van der Waals surface area contributed by atoms with Gasteiger partial charge in [-0.05, 0) is 31.7 Å². The van der Waals surface area contributed by atoms with Crippen molar-refractivity contribution < 1.29 is 0 Å². The Balaban J connectivity index is 1.96. The van der Waals surface area contributed by atoms with Crippen molar-refractivity contribution in [3.05, 3.63) is 17.5 Å². The molecule has 0 bridgehead atoms. The molecule has 3 rings (SSSR count). The van der Waals surface area contributed by atoms with Crippen LogP contribution < -0.4 is 0 Å². The lowest BCUT2D eigenvalue weighted by molar-refractivity contribution is 0.889. The molecular formula is C9H11BrN2. The zero-order valence-electron chi connectivity index (χ0n) is 6.83. The first-order valence-corrected chi connectivity index (χ1v) is 5.31. The van der Waals surface area contributed by atoms with E-state index in [1.54, 1.807) is 0 Å². The number of rotatable bonds is 2. The maximum absolute atomic E-state index is 4.47. The molecule has 1 aromatic rings. The molecule has 2 fully saturated rings. The second-order valence-corrected chi connectivity index (χ2v) is 4.57. The van der Waals surface area contributed by atoms with Gasteiger partial charge in [-0.1, -0.05) is 0 Å². The molecule has 0 saturated heterocycles. The monoisotopic (exact) mass is 226 g/mol. The first kappa shape index (κ1) is 7.13. The van der Waals surface area contributed by atoms with Crippen molar-refractivity contribution in [1.82, 2.24) is 8.81 Å². The molecule has 2 aliphatic rings. The van der Waals surface area contributed by atoms with Crippen molar-refractivity contribution >= 4 is 16.1 Å². The predicted molar refractivity (Wildman–Crippen MR) is 50.5 cm³/mol. The first-order valence-electron chi connectivity index (χ1n) is 4.60. The lowest BCUT2D eigenvalue weighted by Gasteiger charge is -1.92. The van der Waals surface area contributed by atoms with Crippen LogP contribution in [0.3, 0.4) is 0 Å². The standard InChI is InChI=1S/C9H11BrN2/c10-12-9(7-3-4-7)5-8(11-12)6-1-2-6/h5-7H,1-4H2. The highest BCUT2D eigenvalue weighted by Crippen LogP contribution is 2.44. The van der Waals surface area contributed by atoms with E-state index in [9.17, 15) is 0 Å². The van der Waals surface area contributed by atoms with E-state index < -0.39 is 0 Å². The summed E-state index contributed by atoms with van der Waals surface area (Å²) in [4.78, 5) is 0. The van der Waals surface area contributed by atoms with Gasteiger partial charge in [0.15, 0.2) is 0 Å². The van der Waals surface area contributed by atoms with E-state index in [-0.39, 0.29) is 0 Å². The molecule has 2 saturated carbocycles. The summed E-state index contributed by atoms with van der Waals surface area (Å²) < 4.78 is 1.90. The van der Waals surface area contributed by atoms with Crippen molar-refractivity contribution in [3.63, 3.8) is 0 Å². The summed E-state index contributed by atoms with van der Waals surface area (Å²) in [6, 6.07) is 2.28. The predicted octanol–water partition coefficient (Wildman–Crippen LogP) is 2.80. The van der Waals surface area contributed by atoms with Gasteiger partial charge in [0.1, 0.15) is 0 Å². The number of nitrogens with zero attached hydrogens (tertiary/aromatic N) is 2. The maximum Gasteiger partial charge on any atom is 0.0746 e. The van der Waals surface area contributed by atoms with Gasteiger partial charge in [-0.3, -0.25) is 0 Å². The third kappa shape index (κ3) is 1.11. The van der Waals surface area contributed by atoms with E-state index in [0.29, 0.717) is 0 Å². The van der Waals surface area contributed by atoms with Crippen molar-refractivity contribution in [1.29, 1.82) is 0 Å². The molecule has 0 amide bonds. The van der Waals surface area contributed by atoms with Gasteiger partial charge in [0, 0.05) is 11.8 Å². The Morgan fingerprint density at radius 1 is 1.25 bits per heavy atom. The Bertz CT molecular complexity index is 310. The fourth-order valence-corrected chi connectivity index (χ4v) is 2.19. The number of hydrogen-bond acceptors (Lipinski definition) is 1. The molecule has 12 heavy (non-hydrogen) atoms. The summed E-state index contributed by atoms with van der Waals surface area (Å²) in [5.41, 5.74) is 2.69. The van der Waals surface area contributed by atoms with E-state index in [4.69, 9.17) is 0 Å². The van der Waals surface area contributed by atoms with Gasteiger partial charge in [0.05, 0.1) is 27.5 Å². The van der Waals surface area contributed by atoms with Gasteiger partial charge in [-0.15, -0.1) is 0 Å². The van der Waals surface area contributed by atoms with E-state index in [2.05, 4.69) is 27.3 Å². The van der Waals surface area contributed by atoms with E-state index in [1.165, 1.54) is 37.1 Å². The minimum absolute atomic E-state index is 0.779. The third-order valence-electron chi connectivity index (χ3n) is 2.70. The topological polar surface area (TPSA) is 17.8 Å². The van der Waals surface area contributed by atoms with E-state index >= 15 is 0 Å². The number of hydrogen-bond donors (Lipinski definition) is 0. The maximum atomic E-state index is 4.47. The Morgan fingerprint density at radius 2 is 1.92 bits per heavy atom. The fourth-order valence-electron chi connectivity index (χ4n) is 1.62. The van der Waals surface area contributed by atoms with Gasteiger partial charge in [-0.25, -0.2) is 3.71 Å². The summed E-state index contributed by atoms with van der Waals surface area (Å²) in [7, 11) is 0. The highest BCUT2D eigenvalue weighted by atomic mass is 79.9. The summed E-state index contributed by atoms with van der Waals surface area (Å²) >= 11 is 3.46. The lowest BCUT2D eigenvalue weighted by atomic mass is 10.2. The normalized spacial score (nSPS) is 23.1. The van der Waals surface area contributed by atoms with Crippen LogP contribution in [-0.4, -0.2) is 8.81 Å². The van der Waals surface area contributed by atoms with Gasteiger partial charge < -0.3 is 0 Å². The molecule has 0 radical (unpaired) electrons. The summed E-state index contributed by atoms with van der Waals surface area (Å²) in [5, 5.41) is 4.47. The van der Waals surface area contributed by atoms with Gasteiger partial charge in [-0.2, -0.15) is 5.10 Å². The molecule has 0 atom stereocenters. The number of aromatic nitrogens is 2. The van der Waals surface area contributed by atoms with Crippen molar-refractivity contribution in [2.75, 3.05) is 0 Å².